The number of rotatable bonds is 8. The van der Waals surface area contributed by atoms with Crippen LogP contribution in [0.25, 0.3) is 21.6 Å². The molecule has 2 aromatic heterocycles. The van der Waals surface area contributed by atoms with E-state index in [-0.39, 0.29) is 30.7 Å². The molecule has 0 spiro atoms. The largest absolute Gasteiger partial charge is 0.496 e. The summed E-state index contributed by atoms with van der Waals surface area (Å²) < 4.78 is 12.4. The van der Waals surface area contributed by atoms with Crippen LogP contribution in [-0.4, -0.2) is 75.1 Å². The highest BCUT2D eigenvalue weighted by atomic mass is 32.1. The number of benzene rings is 2. The Morgan fingerprint density at radius 3 is 2.64 bits per heavy atom. The van der Waals surface area contributed by atoms with Crippen molar-refractivity contribution in [3.8, 4) is 22.2 Å². The highest BCUT2D eigenvalue weighted by molar-refractivity contribution is 7.13. The molecule has 2 aliphatic heterocycles. The molecule has 2 fully saturated rings. The molecule has 2 aromatic carbocycles. The number of anilines is 1. The summed E-state index contributed by atoms with van der Waals surface area (Å²) in [6.45, 7) is 6.31. The third-order valence-corrected chi connectivity index (χ3v) is 11.6. The second-order valence-electron chi connectivity index (χ2n) is 14.7. The van der Waals surface area contributed by atoms with E-state index >= 15 is 0 Å². The van der Waals surface area contributed by atoms with Crippen molar-refractivity contribution in [3.05, 3.63) is 77.3 Å². The number of aliphatic carboxylic acids is 1. The van der Waals surface area contributed by atoms with E-state index in [0.29, 0.717) is 35.6 Å². The molecule has 2 amide bonds. The van der Waals surface area contributed by atoms with Gasteiger partial charge in [0.15, 0.2) is 0 Å². The number of methoxy groups -OCH3 is 1. The van der Waals surface area contributed by atoms with Crippen molar-refractivity contribution in [2.75, 3.05) is 19.0 Å². The molecule has 3 aliphatic rings. The number of ether oxygens (including phenoxy) is 2. The molecule has 12 heteroatoms. The molecule has 1 saturated heterocycles. The number of hydrogen-bond donors (Lipinski definition) is 3. The molecule has 278 valence electrons. The summed E-state index contributed by atoms with van der Waals surface area (Å²) in [6.07, 6.45) is 7.96. The highest BCUT2D eigenvalue weighted by Gasteiger charge is 2.61. The summed E-state index contributed by atoms with van der Waals surface area (Å²) in [6, 6.07) is 13.8. The van der Waals surface area contributed by atoms with Crippen LogP contribution in [0.4, 0.5) is 5.69 Å². The molecule has 3 N–H and O–H groups in total. The third kappa shape index (κ3) is 7.46. The SMILES string of the molecule is COc1ccc2c(O[C@@H]3C[C@H]4C(=O)N[C@]5(C(=O)O)C[C@@H]5/C=C\CCCCC[C@H](Nc5ccccc5)C(=O)N4C3)cc(-c3nc(C(C)C)cs3)nc2c1C. The number of carboxylic acid groups (broad SMARTS) is 1. The van der Waals surface area contributed by atoms with Gasteiger partial charge in [0.2, 0.25) is 11.8 Å². The predicted octanol–water partition coefficient (Wildman–Crippen LogP) is 7.11. The number of thiazole rings is 1. The van der Waals surface area contributed by atoms with Gasteiger partial charge in [0, 0.05) is 40.4 Å². The van der Waals surface area contributed by atoms with Crippen LogP contribution in [0.1, 0.15) is 76.0 Å². The van der Waals surface area contributed by atoms with Gasteiger partial charge in [-0.15, -0.1) is 11.3 Å². The monoisotopic (exact) mass is 737 g/mol. The van der Waals surface area contributed by atoms with Crippen LogP contribution in [-0.2, 0) is 14.4 Å². The molecule has 1 aliphatic carbocycles. The summed E-state index contributed by atoms with van der Waals surface area (Å²) in [4.78, 5) is 52.9. The Morgan fingerprint density at radius 1 is 1.09 bits per heavy atom. The van der Waals surface area contributed by atoms with Gasteiger partial charge >= 0.3 is 5.97 Å². The molecule has 5 atom stereocenters. The fourth-order valence-corrected chi connectivity index (χ4v) is 8.48. The number of para-hydroxylation sites is 1. The number of carbonyl (C=O) groups excluding carboxylic acids is 2. The van der Waals surface area contributed by atoms with Crippen molar-refractivity contribution in [1.82, 2.24) is 20.2 Å². The first-order chi connectivity index (χ1) is 25.6. The Labute approximate surface area is 313 Å². The molecule has 53 heavy (non-hydrogen) atoms. The minimum Gasteiger partial charge on any atom is -0.496 e. The van der Waals surface area contributed by atoms with E-state index in [1.54, 1.807) is 12.0 Å². The highest BCUT2D eigenvalue weighted by Crippen LogP contribution is 2.46. The standard InChI is InChI=1S/C41H47N5O6S/c1-24(2)32-23-53-38(44-32)31-20-35(29-17-18-34(51-4)25(3)36(29)43-31)52-28-19-33-37(47)45-41(40(49)50)21-26(41)13-9-6-5-7-12-16-30(39(48)46(33)22-28)42-27-14-10-8-11-15-27/h8-11,13-15,17-18,20,23-24,26,28,30,33,42H,5-7,12,16,19,21-22H2,1-4H3,(H,45,47)(H,49,50)/b13-9-/t26-,28+,30-,33-,41+/m0/s1. The number of pyridine rings is 1. The second-order valence-corrected chi connectivity index (χ2v) is 15.6. The van der Waals surface area contributed by atoms with Crippen LogP contribution in [0, 0.1) is 12.8 Å². The quantitative estimate of drug-likeness (QED) is 0.161. The lowest BCUT2D eigenvalue weighted by Crippen LogP contribution is -2.55. The van der Waals surface area contributed by atoms with Crippen LogP contribution in [0.5, 0.6) is 11.5 Å². The first kappa shape index (κ1) is 36.4. The van der Waals surface area contributed by atoms with E-state index in [1.807, 2.05) is 73.0 Å². The molecule has 0 bridgehead atoms. The molecule has 4 heterocycles. The lowest BCUT2D eigenvalue weighted by molar-refractivity contribution is -0.145. The number of carboxylic acids is 1. The molecule has 4 aromatic rings. The van der Waals surface area contributed by atoms with Gasteiger partial charge in [0.05, 0.1) is 24.9 Å². The Morgan fingerprint density at radius 2 is 1.91 bits per heavy atom. The Hall–Kier alpha value is -4.97. The zero-order valence-corrected chi connectivity index (χ0v) is 31.4. The van der Waals surface area contributed by atoms with Crippen molar-refractivity contribution in [2.45, 2.75) is 95.4 Å². The van der Waals surface area contributed by atoms with Crippen LogP contribution >= 0.6 is 11.3 Å². The fraction of sp³-hybridized carbons (Fsp3) is 0.439. The van der Waals surface area contributed by atoms with E-state index in [0.717, 1.165) is 53.0 Å². The van der Waals surface area contributed by atoms with Gasteiger partial charge in [-0.3, -0.25) is 9.59 Å². The molecular formula is C41H47N5O6S. The van der Waals surface area contributed by atoms with Crippen LogP contribution in [0.3, 0.4) is 0 Å². The minimum absolute atomic E-state index is 0.149. The Bertz CT molecular complexity index is 2030. The van der Waals surface area contributed by atoms with Gasteiger partial charge in [-0.1, -0.05) is 57.0 Å². The topological polar surface area (TPSA) is 143 Å². The minimum atomic E-state index is -1.39. The summed E-state index contributed by atoms with van der Waals surface area (Å²) in [5, 5.41) is 20.2. The average molecular weight is 738 g/mol. The number of aryl methyl sites for hydroxylation is 1. The molecule has 11 nitrogen and oxygen atoms in total. The van der Waals surface area contributed by atoms with Crippen LogP contribution in [0.2, 0.25) is 0 Å². The van der Waals surface area contributed by atoms with Gasteiger partial charge in [0.25, 0.3) is 0 Å². The van der Waals surface area contributed by atoms with E-state index < -0.39 is 35.6 Å². The molecule has 7 rings (SSSR count). The van der Waals surface area contributed by atoms with Crippen molar-refractivity contribution in [3.63, 3.8) is 0 Å². The van der Waals surface area contributed by atoms with Gasteiger partial charge in [-0.2, -0.15) is 0 Å². The lowest BCUT2D eigenvalue weighted by Gasteiger charge is -2.30. The third-order valence-electron chi connectivity index (χ3n) is 10.7. The van der Waals surface area contributed by atoms with Crippen molar-refractivity contribution >= 4 is 45.7 Å². The first-order valence-electron chi connectivity index (χ1n) is 18.5. The number of carbonyl (C=O) groups is 3. The number of hydrogen-bond acceptors (Lipinski definition) is 9. The van der Waals surface area contributed by atoms with E-state index in [1.165, 1.54) is 11.3 Å². The normalized spacial score (nSPS) is 25.5. The number of nitrogens with zero attached hydrogens (tertiary/aromatic N) is 3. The summed E-state index contributed by atoms with van der Waals surface area (Å²) in [5.74, 6) is -0.554. The zero-order valence-electron chi connectivity index (χ0n) is 30.6. The lowest BCUT2D eigenvalue weighted by atomic mass is 10.0. The molecular weight excluding hydrogens is 691 g/mol. The maximum Gasteiger partial charge on any atom is 0.330 e. The van der Waals surface area contributed by atoms with Gasteiger partial charge in [0.1, 0.15) is 45.9 Å². The predicted molar refractivity (Wildman–Crippen MR) is 205 cm³/mol. The average Bonchev–Trinajstić information content (AvgIpc) is 3.44. The summed E-state index contributed by atoms with van der Waals surface area (Å²) in [7, 11) is 1.63. The molecule has 0 radical (unpaired) electrons. The number of nitrogens with one attached hydrogen (secondary N) is 2. The Kier molecular flexibility index (Phi) is 10.4. The van der Waals surface area contributed by atoms with E-state index in [4.69, 9.17) is 19.4 Å². The van der Waals surface area contributed by atoms with Gasteiger partial charge < -0.3 is 30.1 Å². The fourth-order valence-electron chi connectivity index (χ4n) is 7.54. The number of aromatic nitrogens is 2. The van der Waals surface area contributed by atoms with Crippen molar-refractivity contribution in [2.24, 2.45) is 5.92 Å². The zero-order chi connectivity index (χ0) is 37.3. The van der Waals surface area contributed by atoms with E-state index in [2.05, 4.69) is 24.5 Å². The summed E-state index contributed by atoms with van der Waals surface area (Å²) >= 11 is 1.52. The van der Waals surface area contributed by atoms with Crippen LogP contribution in [0.15, 0.2) is 66.1 Å². The second kappa shape index (κ2) is 15.2. The maximum atomic E-state index is 14.6. The molecule has 0 unspecified atom stereocenters. The first-order valence-corrected chi connectivity index (χ1v) is 19.4. The maximum absolute atomic E-state index is 14.6. The number of amides is 2. The number of allylic oxidation sites excluding steroid dienone is 1. The summed E-state index contributed by atoms with van der Waals surface area (Å²) in [5.41, 5.74) is 2.63. The van der Waals surface area contributed by atoms with Gasteiger partial charge in [-0.05, 0) is 62.8 Å². The van der Waals surface area contributed by atoms with Gasteiger partial charge in [-0.25, -0.2) is 14.8 Å². The Balaban J connectivity index is 1.25. The molecule has 1 saturated carbocycles. The smallest absolute Gasteiger partial charge is 0.330 e. The number of fused-ring (bicyclic) bond motifs is 3. The van der Waals surface area contributed by atoms with Crippen LogP contribution < -0.4 is 20.1 Å². The van der Waals surface area contributed by atoms with E-state index in [9.17, 15) is 19.5 Å². The van der Waals surface area contributed by atoms with Crippen molar-refractivity contribution < 1.29 is 29.0 Å². The van der Waals surface area contributed by atoms with Crippen molar-refractivity contribution in [1.29, 1.82) is 0 Å².